The van der Waals surface area contributed by atoms with Crippen LogP contribution in [0.1, 0.15) is 47.0 Å². The Kier molecular flexibility index (Phi) is 2.65. The standard InChI is InChI=1S/C10H22N4/c1-9(2)6-5-7-10(3,4)14(9)13-8(11)12/h5-7H2,1-4H3,(H4,11,12,13). The minimum Gasteiger partial charge on any atom is -0.369 e. The van der Waals surface area contributed by atoms with Crippen LogP contribution in [0.25, 0.3) is 0 Å². The van der Waals surface area contributed by atoms with Crippen molar-refractivity contribution in [3.05, 3.63) is 0 Å². The maximum Gasteiger partial charge on any atom is 0.208 e. The van der Waals surface area contributed by atoms with Crippen LogP contribution in [0.2, 0.25) is 0 Å². The van der Waals surface area contributed by atoms with Crippen LogP contribution < -0.4 is 11.5 Å². The SMILES string of the molecule is CC1(C)CCCC(C)(C)N1N=C(N)N. The number of hydrogen-bond acceptors (Lipinski definition) is 2. The lowest BCUT2D eigenvalue weighted by Gasteiger charge is -2.50. The van der Waals surface area contributed by atoms with Gasteiger partial charge in [-0.05, 0) is 47.0 Å². The smallest absolute Gasteiger partial charge is 0.208 e. The molecular weight excluding hydrogens is 176 g/mol. The molecule has 0 aromatic carbocycles. The molecule has 0 aliphatic carbocycles. The van der Waals surface area contributed by atoms with Gasteiger partial charge in [0.2, 0.25) is 5.96 Å². The quantitative estimate of drug-likeness (QED) is 0.491. The Labute approximate surface area is 86.3 Å². The minimum absolute atomic E-state index is 0.0474. The van der Waals surface area contributed by atoms with Gasteiger partial charge in [0.15, 0.2) is 0 Å². The van der Waals surface area contributed by atoms with Crippen LogP contribution in [-0.4, -0.2) is 22.0 Å². The summed E-state index contributed by atoms with van der Waals surface area (Å²) in [6.45, 7) is 8.72. The summed E-state index contributed by atoms with van der Waals surface area (Å²) in [5.41, 5.74) is 11.0. The van der Waals surface area contributed by atoms with Crippen molar-refractivity contribution in [2.24, 2.45) is 16.6 Å². The number of nitrogens with two attached hydrogens (primary N) is 2. The maximum absolute atomic E-state index is 5.45. The Morgan fingerprint density at radius 1 is 1.07 bits per heavy atom. The average molecular weight is 198 g/mol. The van der Waals surface area contributed by atoms with Crippen molar-refractivity contribution in [2.75, 3.05) is 0 Å². The second kappa shape index (κ2) is 3.33. The third-order valence-electron chi connectivity index (χ3n) is 2.94. The van der Waals surface area contributed by atoms with E-state index in [4.69, 9.17) is 11.5 Å². The van der Waals surface area contributed by atoms with E-state index < -0.39 is 0 Å². The molecule has 82 valence electrons. The first-order valence-corrected chi connectivity index (χ1v) is 5.16. The number of rotatable bonds is 1. The molecule has 0 spiro atoms. The van der Waals surface area contributed by atoms with Crippen LogP contribution in [0, 0.1) is 0 Å². The minimum atomic E-state index is 0.0474. The molecule has 1 aliphatic rings. The molecule has 4 nitrogen and oxygen atoms in total. The summed E-state index contributed by atoms with van der Waals surface area (Å²) in [4.78, 5) is 0. The number of piperidine rings is 1. The van der Waals surface area contributed by atoms with E-state index in [0.29, 0.717) is 0 Å². The fourth-order valence-corrected chi connectivity index (χ4v) is 2.37. The Morgan fingerprint density at radius 3 is 1.86 bits per heavy atom. The second-order valence-corrected chi connectivity index (χ2v) is 5.32. The summed E-state index contributed by atoms with van der Waals surface area (Å²) in [6.07, 6.45) is 3.50. The molecule has 1 aliphatic heterocycles. The van der Waals surface area contributed by atoms with Crippen LogP contribution in [0.15, 0.2) is 5.10 Å². The van der Waals surface area contributed by atoms with E-state index in [2.05, 4.69) is 37.8 Å². The van der Waals surface area contributed by atoms with Gasteiger partial charge in [-0.3, -0.25) is 5.01 Å². The van der Waals surface area contributed by atoms with Crippen LogP contribution in [0.4, 0.5) is 0 Å². The molecule has 4 N–H and O–H groups in total. The fourth-order valence-electron chi connectivity index (χ4n) is 2.37. The zero-order valence-corrected chi connectivity index (χ0v) is 9.67. The zero-order chi connectivity index (χ0) is 11.0. The van der Waals surface area contributed by atoms with Gasteiger partial charge in [0.05, 0.1) is 11.1 Å². The highest BCUT2D eigenvalue weighted by Crippen LogP contribution is 2.38. The van der Waals surface area contributed by atoms with E-state index in [0.717, 1.165) is 12.8 Å². The van der Waals surface area contributed by atoms with E-state index >= 15 is 0 Å². The Hall–Kier alpha value is -0.930. The highest BCUT2D eigenvalue weighted by Gasteiger charge is 2.40. The molecule has 0 atom stereocenters. The zero-order valence-electron chi connectivity index (χ0n) is 9.67. The molecule has 14 heavy (non-hydrogen) atoms. The van der Waals surface area contributed by atoms with E-state index in [1.807, 2.05) is 0 Å². The molecule has 4 heteroatoms. The summed E-state index contributed by atoms with van der Waals surface area (Å²) in [5.74, 6) is 0.146. The van der Waals surface area contributed by atoms with Gasteiger partial charge in [-0.1, -0.05) is 0 Å². The maximum atomic E-state index is 5.45. The predicted octanol–water partition coefficient (Wildman–Crippen LogP) is 1.22. The van der Waals surface area contributed by atoms with Crippen LogP contribution >= 0.6 is 0 Å². The first-order chi connectivity index (χ1) is 6.26. The molecule has 1 heterocycles. The van der Waals surface area contributed by atoms with Crippen molar-refractivity contribution in [2.45, 2.75) is 58.0 Å². The average Bonchev–Trinajstić information content (AvgIpc) is 1.96. The number of hydrogen-bond donors (Lipinski definition) is 2. The van der Waals surface area contributed by atoms with E-state index in [1.165, 1.54) is 6.42 Å². The molecule has 0 saturated carbocycles. The lowest BCUT2D eigenvalue weighted by atomic mass is 9.82. The lowest BCUT2D eigenvalue weighted by Crippen LogP contribution is -2.56. The van der Waals surface area contributed by atoms with Gasteiger partial charge in [0.1, 0.15) is 0 Å². The molecule has 0 unspecified atom stereocenters. The molecule has 0 aromatic rings. The first-order valence-electron chi connectivity index (χ1n) is 5.16. The topological polar surface area (TPSA) is 67.6 Å². The third kappa shape index (κ3) is 2.11. The van der Waals surface area contributed by atoms with Crippen molar-refractivity contribution >= 4 is 5.96 Å². The molecule has 1 saturated heterocycles. The van der Waals surface area contributed by atoms with Crippen molar-refractivity contribution in [3.63, 3.8) is 0 Å². The predicted molar refractivity (Wildman–Crippen MR) is 59.7 cm³/mol. The van der Waals surface area contributed by atoms with E-state index in [9.17, 15) is 0 Å². The lowest BCUT2D eigenvalue weighted by molar-refractivity contribution is -0.0249. The van der Waals surface area contributed by atoms with Crippen LogP contribution in [-0.2, 0) is 0 Å². The highest BCUT2D eigenvalue weighted by atomic mass is 15.5. The van der Waals surface area contributed by atoms with Crippen molar-refractivity contribution in [1.82, 2.24) is 5.01 Å². The molecule has 1 rings (SSSR count). The number of hydrazone groups is 1. The monoisotopic (exact) mass is 198 g/mol. The number of nitrogens with zero attached hydrogens (tertiary/aromatic N) is 2. The second-order valence-electron chi connectivity index (χ2n) is 5.32. The Balaban J connectivity index is 2.97. The number of guanidine groups is 1. The third-order valence-corrected chi connectivity index (χ3v) is 2.94. The van der Waals surface area contributed by atoms with Gasteiger partial charge in [-0.2, -0.15) is 0 Å². The summed E-state index contributed by atoms with van der Waals surface area (Å²) in [5, 5.41) is 6.30. The van der Waals surface area contributed by atoms with Crippen molar-refractivity contribution in [1.29, 1.82) is 0 Å². The van der Waals surface area contributed by atoms with Gasteiger partial charge >= 0.3 is 0 Å². The Bertz CT molecular complexity index is 223. The molecular formula is C10H22N4. The van der Waals surface area contributed by atoms with Gasteiger partial charge in [-0.25, -0.2) is 0 Å². The first kappa shape index (κ1) is 11.1. The highest BCUT2D eigenvalue weighted by molar-refractivity contribution is 5.75. The Morgan fingerprint density at radius 2 is 1.50 bits per heavy atom. The summed E-state index contributed by atoms with van der Waals surface area (Å²) >= 11 is 0. The van der Waals surface area contributed by atoms with Crippen LogP contribution in [0.3, 0.4) is 0 Å². The van der Waals surface area contributed by atoms with Gasteiger partial charge < -0.3 is 11.5 Å². The van der Waals surface area contributed by atoms with E-state index in [1.54, 1.807) is 0 Å². The molecule has 0 aromatic heterocycles. The van der Waals surface area contributed by atoms with Gasteiger partial charge in [0, 0.05) is 0 Å². The largest absolute Gasteiger partial charge is 0.369 e. The molecule has 0 amide bonds. The molecule has 0 radical (unpaired) electrons. The fraction of sp³-hybridized carbons (Fsp3) is 0.900. The van der Waals surface area contributed by atoms with Crippen molar-refractivity contribution in [3.8, 4) is 0 Å². The normalized spacial score (nSPS) is 24.4. The van der Waals surface area contributed by atoms with E-state index in [-0.39, 0.29) is 17.0 Å². The van der Waals surface area contributed by atoms with Gasteiger partial charge in [0.25, 0.3) is 0 Å². The summed E-state index contributed by atoms with van der Waals surface area (Å²) in [6, 6.07) is 0. The molecule has 0 bridgehead atoms. The van der Waals surface area contributed by atoms with Gasteiger partial charge in [-0.15, -0.1) is 5.10 Å². The summed E-state index contributed by atoms with van der Waals surface area (Å²) < 4.78 is 0. The van der Waals surface area contributed by atoms with Crippen molar-refractivity contribution < 1.29 is 0 Å². The van der Waals surface area contributed by atoms with Crippen LogP contribution in [0.5, 0.6) is 0 Å². The summed E-state index contributed by atoms with van der Waals surface area (Å²) in [7, 11) is 0. The molecule has 1 fully saturated rings.